The van der Waals surface area contributed by atoms with Gasteiger partial charge in [-0.25, -0.2) is 0 Å². The molecule has 0 aliphatic heterocycles. The lowest BCUT2D eigenvalue weighted by Crippen LogP contribution is -1.97. The van der Waals surface area contributed by atoms with Crippen LogP contribution in [0.5, 0.6) is 0 Å². The van der Waals surface area contributed by atoms with Crippen molar-refractivity contribution in [2.45, 2.75) is 46.0 Å². The summed E-state index contributed by atoms with van der Waals surface area (Å²) in [7, 11) is 0. The van der Waals surface area contributed by atoms with Crippen molar-refractivity contribution in [3.63, 3.8) is 0 Å². The van der Waals surface area contributed by atoms with Gasteiger partial charge < -0.3 is 0 Å². The fourth-order valence-corrected chi connectivity index (χ4v) is 3.10. The molecular weight excluding hydrogens is 256 g/mol. The molecule has 1 rings (SSSR count). The first-order valence-electron chi connectivity index (χ1n) is 5.49. The largest absolute Gasteiger partial charge is 0.137 e. The highest BCUT2D eigenvalue weighted by molar-refractivity contribution is 9.11. The van der Waals surface area contributed by atoms with E-state index in [1.54, 1.807) is 11.3 Å². The summed E-state index contributed by atoms with van der Waals surface area (Å²) in [5, 5.41) is 2.16. The summed E-state index contributed by atoms with van der Waals surface area (Å²) in [6.07, 6.45) is 6.63. The van der Waals surface area contributed by atoms with Gasteiger partial charge in [-0.1, -0.05) is 33.1 Å². The number of halogens is 1. The van der Waals surface area contributed by atoms with E-state index in [1.165, 1.54) is 41.5 Å². The minimum atomic E-state index is 0.937. The number of hydrogen-bond donors (Lipinski definition) is 0. The molecule has 0 bridgehead atoms. The van der Waals surface area contributed by atoms with Crippen molar-refractivity contribution >= 4 is 27.3 Å². The molecule has 0 aromatic carbocycles. The molecular formula is C12H19BrS. The molecule has 0 nitrogen and oxygen atoms in total. The molecule has 0 saturated heterocycles. The third kappa shape index (κ3) is 3.74. The van der Waals surface area contributed by atoms with E-state index in [2.05, 4.69) is 41.2 Å². The molecule has 0 spiro atoms. The average molecular weight is 275 g/mol. The van der Waals surface area contributed by atoms with Gasteiger partial charge in [0.25, 0.3) is 0 Å². The van der Waals surface area contributed by atoms with Crippen LogP contribution in [0.15, 0.2) is 15.2 Å². The van der Waals surface area contributed by atoms with E-state index in [1.807, 2.05) is 0 Å². The van der Waals surface area contributed by atoms with Gasteiger partial charge in [0.15, 0.2) is 0 Å². The second-order valence-electron chi connectivity index (χ2n) is 3.79. The Bertz CT molecular complexity index is 251. The van der Waals surface area contributed by atoms with E-state index < -0.39 is 0 Å². The van der Waals surface area contributed by atoms with Crippen molar-refractivity contribution in [1.82, 2.24) is 0 Å². The monoisotopic (exact) mass is 274 g/mol. The quantitative estimate of drug-likeness (QED) is 0.663. The predicted octanol–water partition coefficient (Wildman–Crippen LogP) is 5.27. The van der Waals surface area contributed by atoms with Crippen molar-refractivity contribution in [2.75, 3.05) is 0 Å². The first-order valence-corrected chi connectivity index (χ1v) is 7.17. The first kappa shape index (κ1) is 12.3. The summed E-state index contributed by atoms with van der Waals surface area (Å²) in [5.74, 6) is 0.937. The SMILES string of the molecule is CCC(CC)CCCc1ccsc1Br. The Kier molecular flexibility index (Phi) is 5.80. The molecule has 2 heteroatoms. The van der Waals surface area contributed by atoms with Gasteiger partial charge in [0.2, 0.25) is 0 Å². The van der Waals surface area contributed by atoms with Crippen LogP contribution < -0.4 is 0 Å². The molecule has 1 aromatic heterocycles. The molecule has 1 heterocycles. The van der Waals surface area contributed by atoms with Gasteiger partial charge in [-0.05, 0) is 51.7 Å². The standard InChI is InChI=1S/C12H19BrS/c1-3-10(4-2)6-5-7-11-8-9-14-12(11)13/h8-10H,3-7H2,1-2H3. The van der Waals surface area contributed by atoms with Crippen LogP contribution in [0, 0.1) is 5.92 Å². The molecule has 0 atom stereocenters. The molecule has 0 aliphatic carbocycles. The molecule has 0 radical (unpaired) electrons. The van der Waals surface area contributed by atoms with E-state index in [-0.39, 0.29) is 0 Å². The fraction of sp³-hybridized carbons (Fsp3) is 0.667. The van der Waals surface area contributed by atoms with Crippen molar-refractivity contribution < 1.29 is 0 Å². The molecule has 0 saturated carbocycles. The fourth-order valence-electron chi connectivity index (χ4n) is 1.78. The summed E-state index contributed by atoms with van der Waals surface area (Å²) >= 11 is 5.38. The summed E-state index contributed by atoms with van der Waals surface area (Å²) < 4.78 is 1.32. The summed E-state index contributed by atoms with van der Waals surface area (Å²) in [5.41, 5.74) is 1.49. The molecule has 0 amide bonds. The van der Waals surface area contributed by atoms with Crippen LogP contribution in [0.2, 0.25) is 0 Å². The van der Waals surface area contributed by atoms with Gasteiger partial charge in [-0.3, -0.25) is 0 Å². The number of hydrogen-bond acceptors (Lipinski definition) is 1. The van der Waals surface area contributed by atoms with Crippen molar-refractivity contribution in [3.05, 3.63) is 20.8 Å². The highest BCUT2D eigenvalue weighted by Crippen LogP contribution is 2.26. The maximum Gasteiger partial charge on any atom is 0.0730 e. The van der Waals surface area contributed by atoms with Gasteiger partial charge >= 0.3 is 0 Å². The molecule has 0 aliphatic rings. The van der Waals surface area contributed by atoms with Crippen LogP contribution in [0.4, 0.5) is 0 Å². The Balaban J connectivity index is 2.24. The van der Waals surface area contributed by atoms with E-state index in [0.717, 1.165) is 5.92 Å². The topological polar surface area (TPSA) is 0 Å². The predicted molar refractivity (Wildman–Crippen MR) is 69.0 cm³/mol. The minimum Gasteiger partial charge on any atom is -0.137 e. The summed E-state index contributed by atoms with van der Waals surface area (Å²) in [6, 6.07) is 2.24. The summed E-state index contributed by atoms with van der Waals surface area (Å²) in [6.45, 7) is 4.60. The van der Waals surface area contributed by atoms with Gasteiger partial charge in [0.05, 0.1) is 3.79 Å². The maximum absolute atomic E-state index is 3.59. The van der Waals surface area contributed by atoms with Crippen LogP contribution in [-0.2, 0) is 6.42 Å². The van der Waals surface area contributed by atoms with E-state index >= 15 is 0 Å². The highest BCUT2D eigenvalue weighted by atomic mass is 79.9. The highest BCUT2D eigenvalue weighted by Gasteiger charge is 2.05. The van der Waals surface area contributed by atoms with Gasteiger partial charge in [0.1, 0.15) is 0 Å². The van der Waals surface area contributed by atoms with Crippen molar-refractivity contribution in [3.8, 4) is 0 Å². The van der Waals surface area contributed by atoms with Gasteiger partial charge in [0, 0.05) is 0 Å². The van der Waals surface area contributed by atoms with Gasteiger partial charge in [-0.15, -0.1) is 11.3 Å². The van der Waals surface area contributed by atoms with Crippen LogP contribution in [-0.4, -0.2) is 0 Å². The Morgan fingerprint density at radius 2 is 2.07 bits per heavy atom. The van der Waals surface area contributed by atoms with Crippen LogP contribution >= 0.6 is 27.3 Å². The van der Waals surface area contributed by atoms with Gasteiger partial charge in [-0.2, -0.15) is 0 Å². The zero-order valence-corrected chi connectivity index (χ0v) is 11.5. The van der Waals surface area contributed by atoms with E-state index in [9.17, 15) is 0 Å². The molecule has 80 valence electrons. The third-order valence-electron chi connectivity index (χ3n) is 2.91. The van der Waals surface area contributed by atoms with Crippen molar-refractivity contribution in [2.24, 2.45) is 5.92 Å². The Morgan fingerprint density at radius 1 is 1.36 bits per heavy atom. The Labute approximate surface area is 99.9 Å². The lowest BCUT2D eigenvalue weighted by molar-refractivity contribution is 0.441. The number of thiophene rings is 1. The Hall–Kier alpha value is 0.180. The molecule has 0 fully saturated rings. The number of rotatable bonds is 6. The van der Waals surface area contributed by atoms with Crippen LogP contribution in [0.3, 0.4) is 0 Å². The minimum absolute atomic E-state index is 0.937. The van der Waals surface area contributed by atoms with Crippen LogP contribution in [0.25, 0.3) is 0 Å². The number of aryl methyl sites for hydroxylation is 1. The molecule has 14 heavy (non-hydrogen) atoms. The lowest BCUT2D eigenvalue weighted by Gasteiger charge is -2.11. The van der Waals surface area contributed by atoms with E-state index in [4.69, 9.17) is 0 Å². The third-order valence-corrected chi connectivity index (χ3v) is 4.72. The second kappa shape index (κ2) is 6.62. The summed E-state index contributed by atoms with van der Waals surface area (Å²) in [4.78, 5) is 0. The first-order chi connectivity index (χ1) is 6.77. The maximum atomic E-state index is 3.59. The average Bonchev–Trinajstić information content (AvgIpc) is 2.59. The molecule has 0 unspecified atom stereocenters. The second-order valence-corrected chi connectivity index (χ2v) is 6.03. The zero-order chi connectivity index (χ0) is 10.4. The Morgan fingerprint density at radius 3 is 2.57 bits per heavy atom. The smallest absolute Gasteiger partial charge is 0.0730 e. The van der Waals surface area contributed by atoms with E-state index in [0.29, 0.717) is 0 Å². The normalized spacial score (nSPS) is 11.1. The molecule has 0 N–H and O–H groups in total. The van der Waals surface area contributed by atoms with Crippen molar-refractivity contribution in [1.29, 1.82) is 0 Å². The lowest BCUT2D eigenvalue weighted by atomic mass is 9.96. The van der Waals surface area contributed by atoms with Crippen LogP contribution in [0.1, 0.15) is 45.1 Å². The zero-order valence-electron chi connectivity index (χ0n) is 9.05. The molecule has 1 aromatic rings.